The number of rotatable bonds is 0. The molecule has 1 rings (SSSR count). The molecule has 3 nitrogen and oxygen atoms in total. The molecule has 0 amide bonds. The Bertz CT molecular complexity index is 349. The summed E-state index contributed by atoms with van der Waals surface area (Å²) in [5.41, 5.74) is 1.26. The second-order valence-corrected chi connectivity index (χ2v) is 12.7. The van der Waals surface area contributed by atoms with Crippen molar-refractivity contribution in [1.29, 1.82) is 0 Å². The van der Waals surface area contributed by atoms with Crippen LogP contribution in [0, 0.1) is 5.41 Å². The first kappa shape index (κ1) is 23.1. The van der Waals surface area contributed by atoms with Gasteiger partial charge >= 0.3 is 42.6 Å². The average Bonchev–Trinajstić information content (AvgIpc) is 2.52. The fourth-order valence-electron chi connectivity index (χ4n) is 1.21. The molecule has 0 bridgehead atoms. The Labute approximate surface area is 144 Å². The molecule has 0 aliphatic carbocycles. The number of hydrogen-bond acceptors (Lipinski definition) is 3. The number of alkyl halides is 1. The maximum absolute atomic E-state index is 7.00. The van der Waals surface area contributed by atoms with Gasteiger partial charge in [0.25, 0.3) is 0 Å². The van der Waals surface area contributed by atoms with Gasteiger partial charge in [0.05, 0.1) is 7.11 Å². The summed E-state index contributed by atoms with van der Waals surface area (Å²) in [7, 11) is 17.5. The third-order valence-electron chi connectivity index (χ3n) is 2.09. The van der Waals surface area contributed by atoms with Crippen LogP contribution in [0.3, 0.4) is 0 Å². The van der Waals surface area contributed by atoms with Gasteiger partial charge in [-0.1, -0.05) is 26.8 Å². The Morgan fingerprint density at radius 2 is 1.70 bits per heavy atom. The van der Waals surface area contributed by atoms with E-state index in [0.29, 0.717) is 5.90 Å². The molecule has 20 heavy (non-hydrogen) atoms. The van der Waals surface area contributed by atoms with Crippen LogP contribution in [-0.2, 0) is 19.4 Å². The summed E-state index contributed by atoms with van der Waals surface area (Å²) in [4.78, 5) is 4.12. The summed E-state index contributed by atoms with van der Waals surface area (Å²) >= 11 is 4.20. The zero-order chi connectivity index (χ0) is 16.3. The molecule has 0 fully saturated rings. The molecule has 0 spiro atoms. The average molecular weight is 400 g/mol. The van der Waals surface area contributed by atoms with Gasteiger partial charge in [-0.3, -0.25) is 0 Å². The number of allylic oxidation sites excluding steroid dienone is 2. The summed E-state index contributed by atoms with van der Waals surface area (Å²) < 4.78 is 5.07. The Kier molecular flexibility index (Phi) is 14.2. The standard InChI is InChI=1S/C11H16ClNO.CH4O.3ClH.Ti/c1-11(2,3)8-5-6-13-10(14-4)9(12)7-8;1-2;;;;/h5-7,9H,1-4H3;2H,1H3;3*1H;/q;;;;;+3/p-3. The summed E-state index contributed by atoms with van der Waals surface area (Å²) in [6, 6.07) is 0. The van der Waals surface area contributed by atoms with Gasteiger partial charge in [0.2, 0.25) is 5.90 Å². The molecule has 1 atom stereocenters. The Balaban J connectivity index is 0. The minimum atomic E-state index is -1.92. The van der Waals surface area contributed by atoms with Crippen molar-refractivity contribution in [3.05, 3.63) is 23.9 Å². The molecule has 0 aromatic rings. The first-order chi connectivity index (χ1) is 9.18. The molecular weight excluding hydrogens is 380 g/mol. The van der Waals surface area contributed by atoms with Crippen molar-refractivity contribution in [2.45, 2.75) is 26.1 Å². The molecule has 0 saturated heterocycles. The molecule has 0 aromatic heterocycles. The SMILES string of the molecule is CO.COC1=NC=CC(C(C)(C)C)=CC1Cl.[Cl][Ti]([Cl])[Cl]. The molecule has 1 heterocycles. The van der Waals surface area contributed by atoms with Crippen LogP contribution in [0.1, 0.15) is 20.8 Å². The van der Waals surface area contributed by atoms with Crippen LogP contribution in [0.4, 0.5) is 0 Å². The molecular formula is C12H20Cl4NO2Ti. The molecule has 0 saturated carbocycles. The van der Waals surface area contributed by atoms with Crippen LogP contribution in [0.15, 0.2) is 28.9 Å². The van der Waals surface area contributed by atoms with Crippen molar-refractivity contribution in [2.75, 3.05) is 14.2 Å². The van der Waals surface area contributed by atoms with Crippen LogP contribution >= 0.6 is 39.5 Å². The Morgan fingerprint density at radius 3 is 2.05 bits per heavy atom. The van der Waals surface area contributed by atoms with Crippen LogP contribution in [0.5, 0.6) is 0 Å². The van der Waals surface area contributed by atoms with E-state index in [4.69, 9.17) is 49.4 Å². The molecule has 1 aliphatic heterocycles. The van der Waals surface area contributed by atoms with Gasteiger partial charge in [-0.2, -0.15) is 0 Å². The summed E-state index contributed by atoms with van der Waals surface area (Å²) in [6.07, 6.45) is 5.69. The normalized spacial score (nSPS) is 17.4. The minimum absolute atomic E-state index is 0.0857. The number of methoxy groups -OCH3 is 1. The molecule has 0 aromatic carbocycles. The number of aliphatic imine (C=N–C) groups is 1. The van der Waals surface area contributed by atoms with Crippen LogP contribution < -0.4 is 0 Å². The number of aliphatic hydroxyl groups excluding tert-OH is 1. The monoisotopic (exact) mass is 398 g/mol. The van der Waals surface area contributed by atoms with Crippen LogP contribution in [-0.4, -0.2) is 30.6 Å². The predicted octanol–water partition coefficient (Wildman–Crippen LogP) is 4.81. The topological polar surface area (TPSA) is 41.8 Å². The van der Waals surface area contributed by atoms with E-state index in [1.54, 1.807) is 13.3 Å². The van der Waals surface area contributed by atoms with Crippen molar-refractivity contribution in [1.82, 2.24) is 0 Å². The number of halogens is 4. The molecule has 1 unspecified atom stereocenters. The molecule has 8 heteroatoms. The first-order valence-electron chi connectivity index (χ1n) is 5.61. The molecule has 117 valence electrons. The van der Waals surface area contributed by atoms with Crippen LogP contribution in [0.25, 0.3) is 0 Å². The third kappa shape index (κ3) is 11.4. The van der Waals surface area contributed by atoms with Crippen molar-refractivity contribution < 1.29 is 24.5 Å². The van der Waals surface area contributed by atoms with E-state index in [-0.39, 0.29) is 10.8 Å². The second kappa shape index (κ2) is 12.3. The van der Waals surface area contributed by atoms with Crippen molar-refractivity contribution in [2.24, 2.45) is 10.4 Å². The number of hydrogen-bond donors (Lipinski definition) is 1. The van der Waals surface area contributed by atoms with E-state index >= 15 is 0 Å². The maximum atomic E-state index is 7.00. The fourth-order valence-corrected chi connectivity index (χ4v) is 1.49. The van der Waals surface area contributed by atoms with Gasteiger partial charge in [-0.15, -0.1) is 11.6 Å². The summed E-state index contributed by atoms with van der Waals surface area (Å²) in [6.45, 7) is 6.43. The first-order valence-corrected chi connectivity index (χ1v) is 12.5. The van der Waals surface area contributed by atoms with E-state index < -0.39 is 14.7 Å². The van der Waals surface area contributed by atoms with Crippen molar-refractivity contribution in [3.63, 3.8) is 0 Å². The Morgan fingerprint density at radius 1 is 1.25 bits per heavy atom. The zero-order valence-electron chi connectivity index (χ0n) is 12.1. The number of nitrogens with zero attached hydrogens (tertiary/aromatic N) is 1. The summed E-state index contributed by atoms with van der Waals surface area (Å²) in [5, 5.41) is 6.73. The fraction of sp³-hybridized carbons (Fsp3) is 0.583. The van der Waals surface area contributed by atoms with Crippen molar-refractivity contribution >= 4 is 45.4 Å². The second-order valence-electron chi connectivity index (χ2n) is 4.48. The van der Waals surface area contributed by atoms with Gasteiger partial charge in [0, 0.05) is 13.3 Å². The Hall–Kier alpha value is 0.784. The van der Waals surface area contributed by atoms with Crippen LogP contribution in [0.2, 0.25) is 0 Å². The quantitative estimate of drug-likeness (QED) is 0.469. The third-order valence-corrected chi connectivity index (χ3v) is 2.41. The number of ether oxygens (including phenoxy) is 1. The van der Waals surface area contributed by atoms with Gasteiger partial charge in [0.15, 0.2) is 0 Å². The predicted molar refractivity (Wildman–Crippen MR) is 86.5 cm³/mol. The van der Waals surface area contributed by atoms with E-state index in [1.165, 1.54) is 5.57 Å². The van der Waals surface area contributed by atoms with Gasteiger partial charge in [-0.25, -0.2) is 4.99 Å². The molecule has 1 N–H and O–H groups in total. The molecule has 0 radical (unpaired) electrons. The van der Waals surface area contributed by atoms with Gasteiger partial charge in [-0.05, 0) is 17.1 Å². The van der Waals surface area contributed by atoms with E-state index in [1.807, 2.05) is 12.2 Å². The number of aliphatic hydroxyl groups is 1. The van der Waals surface area contributed by atoms with Crippen molar-refractivity contribution in [3.8, 4) is 0 Å². The van der Waals surface area contributed by atoms with E-state index in [2.05, 4.69) is 25.8 Å². The van der Waals surface area contributed by atoms with Gasteiger partial charge in [0.1, 0.15) is 5.38 Å². The zero-order valence-corrected chi connectivity index (χ0v) is 16.7. The van der Waals surface area contributed by atoms with E-state index in [9.17, 15) is 0 Å². The van der Waals surface area contributed by atoms with Gasteiger partial charge < -0.3 is 9.84 Å². The van der Waals surface area contributed by atoms with E-state index in [0.717, 1.165) is 7.11 Å². The molecule has 1 aliphatic rings. The summed E-state index contributed by atoms with van der Waals surface area (Å²) in [5.74, 6) is 0.544.